The maximum atomic E-state index is 13.0. The molecule has 0 amide bonds. The fraction of sp³-hybridized carbons (Fsp3) is 0.400. The fourth-order valence-electron chi connectivity index (χ4n) is 1.41. The van der Waals surface area contributed by atoms with Crippen LogP contribution in [0.25, 0.3) is 0 Å². The Balaban J connectivity index is 3.06. The molecule has 0 saturated heterocycles. The first-order chi connectivity index (χ1) is 7.33. The molecule has 0 radical (unpaired) electrons. The summed E-state index contributed by atoms with van der Waals surface area (Å²) in [5.41, 5.74) is 6.06. The van der Waals surface area contributed by atoms with E-state index in [1.165, 1.54) is 25.3 Å². The Morgan fingerprint density at radius 1 is 1.50 bits per heavy atom. The number of methoxy groups -OCH3 is 1. The van der Waals surface area contributed by atoms with Crippen molar-refractivity contribution in [3.63, 3.8) is 0 Å². The second-order valence-corrected chi connectivity index (χ2v) is 5.77. The standard InChI is InChI=1S/C10H14FNO3S/c1-15-10-4-3-7(11)5-8(10)9(12)6-16(2,13)14/h3-5,9H,6,12H2,1-2H3. The van der Waals surface area contributed by atoms with Crippen molar-refractivity contribution in [1.29, 1.82) is 0 Å². The van der Waals surface area contributed by atoms with E-state index in [9.17, 15) is 12.8 Å². The number of ether oxygens (including phenoxy) is 1. The van der Waals surface area contributed by atoms with Gasteiger partial charge in [0.25, 0.3) is 0 Å². The molecule has 1 aromatic carbocycles. The molecule has 0 aliphatic heterocycles. The summed E-state index contributed by atoms with van der Waals surface area (Å²) in [6.07, 6.45) is 1.08. The highest BCUT2D eigenvalue weighted by atomic mass is 32.2. The second kappa shape index (κ2) is 4.80. The lowest BCUT2D eigenvalue weighted by molar-refractivity contribution is 0.405. The third-order valence-electron chi connectivity index (χ3n) is 2.07. The molecule has 6 heteroatoms. The molecule has 1 rings (SSSR count). The van der Waals surface area contributed by atoms with E-state index in [4.69, 9.17) is 10.5 Å². The Morgan fingerprint density at radius 3 is 2.62 bits per heavy atom. The predicted octanol–water partition coefficient (Wildman–Crippen LogP) is 0.879. The van der Waals surface area contributed by atoms with Gasteiger partial charge >= 0.3 is 0 Å². The quantitative estimate of drug-likeness (QED) is 0.857. The van der Waals surface area contributed by atoms with Gasteiger partial charge in [0.05, 0.1) is 12.9 Å². The molecule has 0 heterocycles. The minimum atomic E-state index is -3.21. The van der Waals surface area contributed by atoms with Crippen molar-refractivity contribution >= 4 is 9.84 Å². The topological polar surface area (TPSA) is 69.4 Å². The van der Waals surface area contributed by atoms with Crippen molar-refractivity contribution in [3.05, 3.63) is 29.6 Å². The smallest absolute Gasteiger partial charge is 0.149 e. The zero-order valence-electron chi connectivity index (χ0n) is 9.10. The number of hydrogen-bond acceptors (Lipinski definition) is 4. The molecular formula is C10H14FNO3S. The van der Waals surface area contributed by atoms with Crippen LogP contribution >= 0.6 is 0 Å². The van der Waals surface area contributed by atoms with Crippen LogP contribution in [-0.2, 0) is 9.84 Å². The van der Waals surface area contributed by atoms with E-state index < -0.39 is 21.7 Å². The van der Waals surface area contributed by atoms with E-state index in [2.05, 4.69) is 0 Å². The van der Waals surface area contributed by atoms with Gasteiger partial charge in [0.1, 0.15) is 21.4 Å². The summed E-state index contributed by atoms with van der Waals surface area (Å²) in [6, 6.07) is 3.05. The van der Waals surface area contributed by atoms with Crippen LogP contribution in [0.4, 0.5) is 4.39 Å². The van der Waals surface area contributed by atoms with Crippen LogP contribution in [0, 0.1) is 5.82 Å². The van der Waals surface area contributed by atoms with Crippen LogP contribution in [-0.4, -0.2) is 27.5 Å². The van der Waals surface area contributed by atoms with Crippen LogP contribution < -0.4 is 10.5 Å². The van der Waals surface area contributed by atoms with Gasteiger partial charge in [-0.3, -0.25) is 0 Å². The van der Waals surface area contributed by atoms with Crippen molar-refractivity contribution in [2.75, 3.05) is 19.1 Å². The lowest BCUT2D eigenvalue weighted by atomic mass is 10.1. The summed E-state index contributed by atoms with van der Waals surface area (Å²) >= 11 is 0. The van der Waals surface area contributed by atoms with Crippen molar-refractivity contribution < 1.29 is 17.5 Å². The molecule has 1 aromatic rings. The molecule has 2 N–H and O–H groups in total. The third-order valence-corrected chi connectivity index (χ3v) is 3.04. The van der Waals surface area contributed by atoms with Gasteiger partial charge in [-0.25, -0.2) is 12.8 Å². The third kappa shape index (κ3) is 3.46. The van der Waals surface area contributed by atoms with Gasteiger partial charge in [-0.1, -0.05) is 0 Å². The largest absolute Gasteiger partial charge is 0.496 e. The number of rotatable bonds is 4. The lowest BCUT2D eigenvalue weighted by Crippen LogP contribution is -2.21. The van der Waals surface area contributed by atoms with Crippen LogP contribution in [0.5, 0.6) is 5.75 Å². The number of halogens is 1. The van der Waals surface area contributed by atoms with Crippen LogP contribution in [0.3, 0.4) is 0 Å². The normalized spacial score (nSPS) is 13.5. The molecule has 0 saturated carbocycles. The Bertz CT molecular complexity index is 473. The SMILES string of the molecule is COc1ccc(F)cc1C(N)CS(C)(=O)=O. The van der Waals surface area contributed by atoms with Gasteiger partial charge in [0.15, 0.2) is 0 Å². The van der Waals surface area contributed by atoms with E-state index in [-0.39, 0.29) is 5.75 Å². The Labute approximate surface area is 94.1 Å². The number of benzene rings is 1. The van der Waals surface area contributed by atoms with Gasteiger partial charge in [0, 0.05) is 17.9 Å². The van der Waals surface area contributed by atoms with Gasteiger partial charge in [-0.05, 0) is 18.2 Å². The summed E-state index contributed by atoms with van der Waals surface area (Å²) in [6.45, 7) is 0. The highest BCUT2D eigenvalue weighted by Gasteiger charge is 2.17. The van der Waals surface area contributed by atoms with E-state index in [0.29, 0.717) is 11.3 Å². The van der Waals surface area contributed by atoms with Gasteiger partial charge in [0.2, 0.25) is 0 Å². The van der Waals surface area contributed by atoms with Gasteiger partial charge < -0.3 is 10.5 Å². The first kappa shape index (κ1) is 12.9. The van der Waals surface area contributed by atoms with Gasteiger partial charge in [-0.15, -0.1) is 0 Å². The molecule has 90 valence electrons. The summed E-state index contributed by atoms with van der Waals surface area (Å²) < 4.78 is 40.2. The van der Waals surface area contributed by atoms with Crippen molar-refractivity contribution in [2.24, 2.45) is 5.73 Å². The summed E-state index contributed by atoms with van der Waals surface area (Å²) in [4.78, 5) is 0. The molecular weight excluding hydrogens is 233 g/mol. The highest BCUT2D eigenvalue weighted by molar-refractivity contribution is 7.90. The second-order valence-electron chi connectivity index (χ2n) is 3.59. The maximum absolute atomic E-state index is 13.0. The Morgan fingerprint density at radius 2 is 2.12 bits per heavy atom. The van der Waals surface area contributed by atoms with Crippen molar-refractivity contribution in [1.82, 2.24) is 0 Å². The van der Waals surface area contributed by atoms with Crippen molar-refractivity contribution in [2.45, 2.75) is 6.04 Å². The van der Waals surface area contributed by atoms with Crippen LogP contribution in [0.15, 0.2) is 18.2 Å². The molecule has 1 atom stereocenters. The fourth-order valence-corrected chi connectivity index (χ4v) is 2.24. The minimum absolute atomic E-state index is 0.243. The zero-order chi connectivity index (χ0) is 12.3. The molecule has 0 aromatic heterocycles. The van der Waals surface area contributed by atoms with E-state index in [1.807, 2.05) is 0 Å². The Hall–Kier alpha value is -1.14. The van der Waals surface area contributed by atoms with E-state index in [0.717, 1.165) is 6.26 Å². The number of sulfone groups is 1. The average Bonchev–Trinajstić information content (AvgIpc) is 2.15. The zero-order valence-corrected chi connectivity index (χ0v) is 9.92. The molecule has 4 nitrogen and oxygen atoms in total. The summed E-state index contributed by atoms with van der Waals surface area (Å²) in [5.74, 6) is -0.329. The molecule has 1 unspecified atom stereocenters. The summed E-state index contributed by atoms with van der Waals surface area (Å²) in [5, 5.41) is 0. The molecule has 0 spiro atoms. The van der Waals surface area contributed by atoms with E-state index in [1.54, 1.807) is 0 Å². The lowest BCUT2D eigenvalue weighted by Gasteiger charge is -2.14. The molecule has 0 fully saturated rings. The number of hydrogen-bond donors (Lipinski definition) is 1. The molecule has 0 aliphatic carbocycles. The molecule has 0 bridgehead atoms. The highest BCUT2D eigenvalue weighted by Crippen LogP contribution is 2.25. The maximum Gasteiger partial charge on any atom is 0.149 e. The first-order valence-corrected chi connectivity index (χ1v) is 6.66. The summed E-state index contributed by atoms with van der Waals surface area (Å²) in [7, 11) is -1.79. The van der Waals surface area contributed by atoms with Crippen LogP contribution in [0.1, 0.15) is 11.6 Å². The first-order valence-electron chi connectivity index (χ1n) is 4.60. The van der Waals surface area contributed by atoms with Crippen LogP contribution in [0.2, 0.25) is 0 Å². The van der Waals surface area contributed by atoms with E-state index >= 15 is 0 Å². The van der Waals surface area contributed by atoms with Gasteiger partial charge in [-0.2, -0.15) is 0 Å². The average molecular weight is 247 g/mol. The number of nitrogens with two attached hydrogens (primary N) is 1. The molecule has 0 aliphatic rings. The Kier molecular flexibility index (Phi) is 3.88. The minimum Gasteiger partial charge on any atom is -0.496 e. The van der Waals surface area contributed by atoms with Crippen molar-refractivity contribution in [3.8, 4) is 5.75 Å². The predicted molar refractivity (Wildman–Crippen MR) is 59.6 cm³/mol. The monoisotopic (exact) mass is 247 g/mol. The molecule has 16 heavy (non-hydrogen) atoms.